The predicted molar refractivity (Wildman–Crippen MR) is 75.0 cm³/mol. The molecule has 5 heteroatoms. The number of ether oxygens (including phenoxy) is 2. The largest absolute Gasteiger partial charge is 0.410 e. The van der Waals surface area contributed by atoms with E-state index in [0.717, 1.165) is 12.5 Å². The van der Waals surface area contributed by atoms with Crippen LogP contribution in [0, 0.1) is 11.3 Å². The van der Waals surface area contributed by atoms with Crippen LogP contribution in [0.1, 0.15) is 26.7 Å². The molecule has 0 fully saturated rings. The highest BCUT2D eigenvalue weighted by atomic mass is 28.4. The lowest BCUT2D eigenvalue weighted by Crippen LogP contribution is -2.43. The average Bonchev–Trinajstić information content (AvgIpc) is 2.23. The number of hydrogen-bond donors (Lipinski definition) is 0. The quantitative estimate of drug-likeness (QED) is 0.453. The van der Waals surface area contributed by atoms with Gasteiger partial charge in [0.1, 0.15) is 0 Å². The SMILES string of the molecule is COCCOCC(C)(C)O[Si](C)(C)CCCC#N. The maximum atomic E-state index is 8.56. The molecule has 0 aliphatic rings. The van der Waals surface area contributed by atoms with Crippen molar-refractivity contribution in [2.75, 3.05) is 26.9 Å². The molecule has 0 unspecified atom stereocenters. The van der Waals surface area contributed by atoms with E-state index in [-0.39, 0.29) is 5.60 Å². The van der Waals surface area contributed by atoms with Crippen LogP contribution in [-0.2, 0) is 13.9 Å². The third-order valence-electron chi connectivity index (χ3n) is 2.50. The van der Waals surface area contributed by atoms with Gasteiger partial charge in [0.2, 0.25) is 0 Å². The van der Waals surface area contributed by atoms with E-state index in [1.54, 1.807) is 7.11 Å². The molecule has 0 aromatic carbocycles. The van der Waals surface area contributed by atoms with E-state index in [4.69, 9.17) is 19.2 Å². The Bertz CT molecular complexity index is 261. The number of hydrogen-bond acceptors (Lipinski definition) is 4. The highest BCUT2D eigenvalue weighted by molar-refractivity contribution is 6.71. The van der Waals surface area contributed by atoms with Gasteiger partial charge in [-0.1, -0.05) is 0 Å². The van der Waals surface area contributed by atoms with Crippen molar-refractivity contribution in [3.63, 3.8) is 0 Å². The molecule has 0 atom stereocenters. The summed E-state index contributed by atoms with van der Waals surface area (Å²) >= 11 is 0. The summed E-state index contributed by atoms with van der Waals surface area (Å²) in [6, 6.07) is 3.20. The number of unbranched alkanes of at least 4 members (excludes halogenated alkanes) is 1. The summed E-state index contributed by atoms with van der Waals surface area (Å²) in [4.78, 5) is 0. The second-order valence-corrected chi connectivity index (χ2v) is 9.90. The molecule has 0 aliphatic heterocycles. The first kappa shape index (κ1) is 17.6. The van der Waals surface area contributed by atoms with Crippen LogP contribution in [0.15, 0.2) is 0 Å². The fraction of sp³-hybridized carbons (Fsp3) is 0.923. The van der Waals surface area contributed by atoms with Gasteiger partial charge in [-0.2, -0.15) is 5.26 Å². The van der Waals surface area contributed by atoms with Crippen molar-refractivity contribution < 1.29 is 13.9 Å². The van der Waals surface area contributed by atoms with Crippen molar-refractivity contribution in [3.05, 3.63) is 0 Å². The van der Waals surface area contributed by atoms with Gasteiger partial charge in [0.05, 0.1) is 31.5 Å². The van der Waals surface area contributed by atoms with E-state index in [1.807, 2.05) is 0 Å². The number of methoxy groups -OCH3 is 1. The van der Waals surface area contributed by atoms with E-state index in [1.165, 1.54) is 0 Å². The zero-order valence-corrected chi connectivity index (χ0v) is 13.4. The molecule has 0 aliphatic carbocycles. The zero-order valence-electron chi connectivity index (χ0n) is 12.4. The second kappa shape index (κ2) is 8.65. The number of nitrogens with zero attached hydrogens (tertiary/aromatic N) is 1. The van der Waals surface area contributed by atoms with Crippen LogP contribution in [0.4, 0.5) is 0 Å². The fourth-order valence-electron chi connectivity index (χ4n) is 1.88. The van der Waals surface area contributed by atoms with Crippen molar-refractivity contribution in [1.82, 2.24) is 0 Å². The summed E-state index contributed by atoms with van der Waals surface area (Å²) < 4.78 is 16.7. The Morgan fingerprint density at radius 1 is 1.22 bits per heavy atom. The lowest BCUT2D eigenvalue weighted by atomic mass is 10.2. The molecule has 0 bridgehead atoms. The Labute approximate surface area is 112 Å². The Hall–Kier alpha value is -0.413. The van der Waals surface area contributed by atoms with E-state index in [2.05, 4.69) is 33.0 Å². The van der Waals surface area contributed by atoms with Crippen molar-refractivity contribution in [3.8, 4) is 6.07 Å². The first-order chi connectivity index (χ1) is 8.33. The van der Waals surface area contributed by atoms with Crippen LogP contribution in [0.2, 0.25) is 19.1 Å². The molecule has 106 valence electrons. The van der Waals surface area contributed by atoms with Crippen LogP contribution in [0.3, 0.4) is 0 Å². The maximum absolute atomic E-state index is 8.56. The Morgan fingerprint density at radius 3 is 2.44 bits per heavy atom. The average molecular weight is 273 g/mol. The van der Waals surface area contributed by atoms with Crippen molar-refractivity contribution >= 4 is 8.32 Å². The van der Waals surface area contributed by atoms with Gasteiger partial charge in [0.25, 0.3) is 0 Å². The molecule has 0 spiro atoms. The summed E-state index contributed by atoms with van der Waals surface area (Å²) in [5.74, 6) is 0. The lowest BCUT2D eigenvalue weighted by molar-refractivity contribution is -0.0231. The summed E-state index contributed by atoms with van der Waals surface area (Å²) in [7, 11) is -0.0439. The van der Waals surface area contributed by atoms with Crippen molar-refractivity contribution in [2.24, 2.45) is 0 Å². The van der Waals surface area contributed by atoms with Gasteiger partial charge in [-0.25, -0.2) is 0 Å². The van der Waals surface area contributed by atoms with Gasteiger partial charge >= 0.3 is 0 Å². The second-order valence-electron chi connectivity index (χ2n) is 5.68. The molecular weight excluding hydrogens is 246 g/mol. The van der Waals surface area contributed by atoms with Gasteiger partial charge < -0.3 is 13.9 Å². The normalized spacial score (nSPS) is 12.4. The lowest BCUT2D eigenvalue weighted by Gasteiger charge is -2.35. The first-order valence-electron chi connectivity index (χ1n) is 6.47. The maximum Gasteiger partial charge on any atom is 0.187 e. The van der Waals surface area contributed by atoms with Gasteiger partial charge in [-0.3, -0.25) is 0 Å². The molecule has 0 radical (unpaired) electrons. The highest BCUT2D eigenvalue weighted by Crippen LogP contribution is 2.23. The first-order valence-corrected chi connectivity index (χ1v) is 9.58. The minimum Gasteiger partial charge on any atom is -0.410 e. The van der Waals surface area contributed by atoms with Crippen LogP contribution in [0.25, 0.3) is 0 Å². The minimum absolute atomic E-state index is 0.268. The van der Waals surface area contributed by atoms with Gasteiger partial charge in [-0.15, -0.1) is 0 Å². The van der Waals surface area contributed by atoms with Crippen LogP contribution in [-0.4, -0.2) is 40.8 Å². The standard InChI is InChI=1S/C13H27NO3Si/c1-13(2,12-16-10-9-15-3)17-18(4,5)11-7-6-8-14/h6-7,9-12H2,1-5H3. The van der Waals surface area contributed by atoms with Gasteiger partial charge in [0.15, 0.2) is 8.32 Å². The van der Waals surface area contributed by atoms with Crippen molar-refractivity contribution in [1.29, 1.82) is 5.26 Å². The Kier molecular flexibility index (Phi) is 8.45. The monoisotopic (exact) mass is 273 g/mol. The van der Waals surface area contributed by atoms with E-state index < -0.39 is 8.32 Å². The fourth-order valence-corrected chi connectivity index (χ4v) is 4.57. The summed E-state index contributed by atoms with van der Waals surface area (Å²) in [5.41, 5.74) is -0.268. The summed E-state index contributed by atoms with van der Waals surface area (Å²) in [6.07, 6.45) is 1.54. The Balaban J connectivity index is 4.00. The van der Waals surface area contributed by atoms with E-state index >= 15 is 0 Å². The predicted octanol–water partition coefficient (Wildman–Crippen LogP) is 2.95. The van der Waals surface area contributed by atoms with E-state index in [0.29, 0.717) is 26.2 Å². The molecule has 0 aromatic rings. The third-order valence-corrected chi connectivity index (χ3v) is 5.16. The molecule has 0 saturated carbocycles. The molecule has 0 heterocycles. The van der Waals surface area contributed by atoms with Crippen molar-refractivity contribution in [2.45, 2.75) is 51.4 Å². The smallest absolute Gasteiger partial charge is 0.187 e. The summed E-state index contributed by atoms with van der Waals surface area (Å²) in [5, 5.41) is 8.56. The van der Waals surface area contributed by atoms with Crippen LogP contribution >= 0.6 is 0 Å². The molecule has 0 saturated heterocycles. The number of nitriles is 1. The zero-order chi connectivity index (χ0) is 14.1. The highest BCUT2D eigenvalue weighted by Gasteiger charge is 2.31. The molecule has 0 amide bonds. The molecule has 0 rings (SSSR count). The van der Waals surface area contributed by atoms with Crippen LogP contribution < -0.4 is 0 Å². The number of rotatable bonds is 10. The van der Waals surface area contributed by atoms with Gasteiger partial charge in [-0.05, 0) is 39.4 Å². The van der Waals surface area contributed by atoms with Crippen LogP contribution in [0.5, 0.6) is 0 Å². The molecule has 0 N–H and O–H groups in total. The Morgan fingerprint density at radius 2 is 1.89 bits per heavy atom. The topological polar surface area (TPSA) is 51.5 Å². The molecule has 0 aromatic heterocycles. The molecular formula is C13H27NO3Si. The molecule has 4 nitrogen and oxygen atoms in total. The third kappa shape index (κ3) is 9.60. The summed E-state index contributed by atoms with van der Waals surface area (Å²) in [6.45, 7) is 10.3. The minimum atomic E-state index is -1.71. The molecule has 18 heavy (non-hydrogen) atoms. The van der Waals surface area contributed by atoms with Gasteiger partial charge in [0, 0.05) is 13.5 Å². The van der Waals surface area contributed by atoms with E-state index in [9.17, 15) is 0 Å².